The summed E-state index contributed by atoms with van der Waals surface area (Å²) >= 11 is 0. The summed E-state index contributed by atoms with van der Waals surface area (Å²) in [6.07, 6.45) is 4.33. The number of nitrogens with one attached hydrogen (secondary N) is 2. The molecular weight excluding hydrogens is 304 g/mol. The largest absolute Gasteiger partial charge is 0.497 e. The molecule has 3 rings (SSSR count). The maximum Gasteiger partial charge on any atom is 0.258 e. The molecule has 0 spiro atoms. The number of methoxy groups -OCH3 is 1. The maximum absolute atomic E-state index is 12.0. The van der Waals surface area contributed by atoms with Gasteiger partial charge in [0.2, 0.25) is 0 Å². The number of nitrogens with zero attached hydrogens (tertiary/aromatic N) is 2. The molecule has 0 aliphatic carbocycles. The highest BCUT2D eigenvalue weighted by Crippen LogP contribution is 2.21. The molecule has 0 saturated carbocycles. The van der Waals surface area contributed by atoms with Gasteiger partial charge in [-0.2, -0.15) is 0 Å². The van der Waals surface area contributed by atoms with Gasteiger partial charge >= 0.3 is 0 Å². The second-order valence-electron chi connectivity index (χ2n) is 5.01. The monoisotopic (exact) mass is 320 g/mol. The van der Waals surface area contributed by atoms with E-state index in [0.717, 1.165) is 17.1 Å². The summed E-state index contributed by atoms with van der Waals surface area (Å²) in [7, 11) is 1.64. The Labute approximate surface area is 139 Å². The molecule has 6 heteroatoms. The Kier molecular flexibility index (Phi) is 4.67. The van der Waals surface area contributed by atoms with E-state index in [2.05, 4.69) is 20.6 Å². The minimum Gasteiger partial charge on any atom is -0.497 e. The molecule has 0 unspecified atom stereocenters. The zero-order chi connectivity index (χ0) is 16.8. The molecule has 3 aromatic rings. The molecule has 0 fully saturated rings. The number of amides is 1. The molecule has 0 bridgehead atoms. The number of hydrogen-bond donors (Lipinski definition) is 2. The van der Waals surface area contributed by atoms with Crippen molar-refractivity contribution in [2.45, 2.75) is 0 Å². The van der Waals surface area contributed by atoms with Gasteiger partial charge in [0.05, 0.1) is 12.7 Å². The fraction of sp³-hybridized carbons (Fsp3) is 0.0556. The summed E-state index contributed by atoms with van der Waals surface area (Å²) < 4.78 is 5.13. The number of rotatable bonds is 5. The second-order valence-corrected chi connectivity index (χ2v) is 5.01. The van der Waals surface area contributed by atoms with Gasteiger partial charge in [0.25, 0.3) is 5.91 Å². The lowest BCUT2D eigenvalue weighted by Gasteiger charge is -2.09. The fourth-order valence-electron chi connectivity index (χ4n) is 2.10. The minimum atomic E-state index is -0.244. The number of anilines is 3. The van der Waals surface area contributed by atoms with E-state index in [1.165, 1.54) is 18.7 Å². The molecule has 0 radical (unpaired) electrons. The Morgan fingerprint density at radius 1 is 0.875 bits per heavy atom. The highest BCUT2D eigenvalue weighted by molar-refractivity contribution is 6.03. The summed E-state index contributed by atoms with van der Waals surface area (Å²) in [5.74, 6) is 0.565. The Hall–Kier alpha value is -3.41. The van der Waals surface area contributed by atoms with Crippen LogP contribution >= 0.6 is 0 Å². The Morgan fingerprint density at radius 2 is 1.42 bits per heavy atom. The number of carbonyl (C=O) groups excluding carboxylic acids is 1. The third kappa shape index (κ3) is 3.86. The lowest BCUT2D eigenvalue weighted by Crippen LogP contribution is -2.12. The molecule has 0 aliphatic heterocycles. The van der Waals surface area contributed by atoms with Gasteiger partial charge in [0.15, 0.2) is 0 Å². The van der Waals surface area contributed by atoms with Crippen molar-refractivity contribution in [1.82, 2.24) is 9.97 Å². The zero-order valence-electron chi connectivity index (χ0n) is 13.1. The predicted molar refractivity (Wildman–Crippen MR) is 92.7 cm³/mol. The van der Waals surface area contributed by atoms with Crippen molar-refractivity contribution >= 4 is 23.0 Å². The van der Waals surface area contributed by atoms with Crippen LogP contribution in [0.3, 0.4) is 0 Å². The lowest BCUT2D eigenvalue weighted by molar-refractivity contribution is 0.102. The van der Waals surface area contributed by atoms with Crippen LogP contribution in [0.15, 0.2) is 67.3 Å². The molecule has 120 valence electrons. The van der Waals surface area contributed by atoms with Gasteiger partial charge in [-0.3, -0.25) is 4.79 Å². The highest BCUT2D eigenvalue weighted by atomic mass is 16.5. The molecular formula is C18H16N4O2. The third-order valence-corrected chi connectivity index (χ3v) is 3.34. The van der Waals surface area contributed by atoms with Crippen LogP contribution in [0.5, 0.6) is 5.75 Å². The average molecular weight is 320 g/mol. The Balaban J connectivity index is 1.63. The van der Waals surface area contributed by atoms with Crippen molar-refractivity contribution in [3.8, 4) is 5.75 Å². The standard InChI is InChI=1S/C18H16N4O2/c1-24-17-8-6-15(7-9-17)21-14-2-4-16(5-3-14)22-18(23)13-10-19-12-20-11-13/h2-12,21H,1H3,(H,22,23). The van der Waals surface area contributed by atoms with E-state index in [1.54, 1.807) is 7.11 Å². The summed E-state index contributed by atoms with van der Waals surface area (Å²) in [5, 5.41) is 6.08. The average Bonchev–Trinajstić information content (AvgIpc) is 2.65. The zero-order valence-corrected chi connectivity index (χ0v) is 13.1. The first-order valence-electron chi connectivity index (χ1n) is 7.32. The first-order valence-corrected chi connectivity index (χ1v) is 7.32. The summed E-state index contributed by atoms with van der Waals surface area (Å²) in [4.78, 5) is 19.7. The van der Waals surface area contributed by atoms with Crippen molar-refractivity contribution in [1.29, 1.82) is 0 Å². The van der Waals surface area contributed by atoms with Gasteiger partial charge < -0.3 is 15.4 Å². The Bertz CT molecular complexity index is 803. The maximum atomic E-state index is 12.0. The topological polar surface area (TPSA) is 76.1 Å². The fourth-order valence-corrected chi connectivity index (χ4v) is 2.10. The number of benzene rings is 2. The predicted octanol–water partition coefficient (Wildman–Crippen LogP) is 3.48. The Morgan fingerprint density at radius 3 is 2.00 bits per heavy atom. The minimum absolute atomic E-state index is 0.244. The summed E-state index contributed by atoms with van der Waals surface area (Å²) in [5.41, 5.74) is 2.98. The smallest absolute Gasteiger partial charge is 0.258 e. The first-order chi connectivity index (χ1) is 11.7. The molecule has 1 heterocycles. The van der Waals surface area contributed by atoms with Gasteiger partial charge in [-0.1, -0.05) is 0 Å². The quantitative estimate of drug-likeness (QED) is 0.752. The van der Waals surface area contributed by atoms with Gasteiger partial charge in [0.1, 0.15) is 12.1 Å². The van der Waals surface area contributed by atoms with E-state index in [4.69, 9.17) is 4.74 Å². The number of aromatic nitrogens is 2. The first kappa shape index (κ1) is 15.5. The highest BCUT2D eigenvalue weighted by Gasteiger charge is 2.06. The number of ether oxygens (including phenoxy) is 1. The summed E-state index contributed by atoms with van der Waals surface area (Å²) in [6.45, 7) is 0. The summed E-state index contributed by atoms with van der Waals surface area (Å²) in [6, 6.07) is 15.1. The van der Waals surface area contributed by atoms with Crippen LogP contribution in [0.1, 0.15) is 10.4 Å². The van der Waals surface area contributed by atoms with Gasteiger partial charge in [-0.15, -0.1) is 0 Å². The van der Waals surface area contributed by atoms with Crippen molar-refractivity contribution < 1.29 is 9.53 Å². The van der Waals surface area contributed by atoms with Crippen molar-refractivity contribution in [3.05, 3.63) is 72.8 Å². The van der Waals surface area contributed by atoms with Crippen LogP contribution in [-0.2, 0) is 0 Å². The molecule has 24 heavy (non-hydrogen) atoms. The lowest BCUT2D eigenvalue weighted by atomic mass is 10.2. The molecule has 1 amide bonds. The molecule has 2 N–H and O–H groups in total. The van der Waals surface area contributed by atoms with Crippen molar-refractivity contribution in [2.75, 3.05) is 17.7 Å². The third-order valence-electron chi connectivity index (χ3n) is 3.34. The van der Waals surface area contributed by atoms with E-state index in [0.29, 0.717) is 11.3 Å². The van der Waals surface area contributed by atoms with Gasteiger partial charge in [-0.25, -0.2) is 9.97 Å². The van der Waals surface area contributed by atoms with Crippen molar-refractivity contribution in [2.24, 2.45) is 0 Å². The van der Waals surface area contributed by atoms with Gasteiger partial charge in [0, 0.05) is 29.5 Å². The molecule has 0 saturated heterocycles. The molecule has 2 aromatic carbocycles. The SMILES string of the molecule is COc1ccc(Nc2ccc(NC(=O)c3cncnc3)cc2)cc1. The van der Waals surface area contributed by atoms with Crippen LogP contribution in [0, 0.1) is 0 Å². The normalized spacial score (nSPS) is 10.0. The van der Waals surface area contributed by atoms with E-state index >= 15 is 0 Å². The second kappa shape index (κ2) is 7.23. The van der Waals surface area contributed by atoms with Crippen LogP contribution < -0.4 is 15.4 Å². The number of carbonyl (C=O) groups is 1. The van der Waals surface area contributed by atoms with Crippen LogP contribution in [0.25, 0.3) is 0 Å². The molecule has 0 atom stereocenters. The van der Waals surface area contributed by atoms with E-state index in [-0.39, 0.29) is 5.91 Å². The van der Waals surface area contributed by atoms with Gasteiger partial charge in [-0.05, 0) is 48.5 Å². The van der Waals surface area contributed by atoms with Crippen LogP contribution in [0.2, 0.25) is 0 Å². The van der Waals surface area contributed by atoms with E-state index in [9.17, 15) is 4.79 Å². The van der Waals surface area contributed by atoms with Crippen LogP contribution in [-0.4, -0.2) is 23.0 Å². The molecule has 6 nitrogen and oxygen atoms in total. The van der Waals surface area contributed by atoms with E-state index in [1.807, 2.05) is 48.5 Å². The number of hydrogen-bond acceptors (Lipinski definition) is 5. The molecule has 0 aliphatic rings. The molecule has 1 aromatic heterocycles. The van der Waals surface area contributed by atoms with E-state index < -0.39 is 0 Å². The van der Waals surface area contributed by atoms with Crippen molar-refractivity contribution in [3.63, 3.8) is 0 Å². The van der Waals surface area contributed by atoms with Crippen LogP contribution in [0.4, 0.5) is 17.1 Å².